The fourth-order valence-corrected chi connectivity index (χ4v) is 3.58. The average Bonchev–Trinajstić information content (AvgIpc) is 2.95. The van der Waals surface area contributed by atoms with E-state index < -0.39 is 35.2 Å². The number of nitrogens with two attached hydrogens (primary N) is 1. The lowest BCUT2D eigenvalue weighted by atomic mass is 9.96. The van der Waals surface area contributed by atoms with Crippen LogP contribution >= 0.6 is 0 Å². The molecule has 4 nitrogen and oxygen atoms in total. The lowest BCUT2D eigenvalue weighted by Crippen LogP contribution is -2.46. The number of likely N-dealkylation sites (tertiary alicyclic amines) is 1. The summed E-state index contributed by atoms with van der Waals surface area (Å²) in [6.07, 6.45) is 0.275. The molecule has 1 heterocycles. The fraction of sp³-hybridized carbons (Fsp3) is 0.409. The van der Waals surface area contributed by atoms with Gasteiger partial charge >= 0.3 is 6.09 Å². The van der Waals surface area contributed by atoms with Crippen LogP contribution in [0.4, 0.5) is 18.0 Å². The topological polar surface area (TPSA) is 55.6 Å². The van der Waals surface area contributed by atoms with Crippen molar-refractivity contribution in [1.82, 2.24) is 4.90 Å². The zero-order valence-electron chi connectivity index (χ0n) is 16.7. The second kappa shape index (κ2) is 8.06. The number of ether oxygens (including phenoxy) is 1. The Labute approximate surface area is 168 Å². The second-order valence-electron chi connectivity index (χ2n) is 8.33. The Balaban J connectivity index is 1.88. The molecule has 1 saturated heterocycles. The number of amides is 1. The summed E-state index contributed by atoms with van der Waals surface area (Å²) in [5, 5.41) is 0. The quantitative estimate of drug-likeness (QED) is 0.807. The summed E-state index contributed by atoms with van der Waals surface area (Å²) in [6, 6.07) is 6.83. The largest absolute Gasteiger partial charge is 0.444 e. The SMILES string of the molecule is CC(C)(C)OC(=O)N1CC[C@H](N)[C@@H]1Cc1cccc(-c2cc(F)cc(F)c2)c1F. The fourth-order valence-electron chi connectivity index (χ4n) is 3.58. The van der Waals surface area contributed by atoms with Crippen LogP contribution in [0.2, 0.25) is 0 Å². The van der Waals surface area contributed by atoms with Crippen LogP contribution in [0, 0.1) is 17.5 Å². The minimum Gasteiger partial charge on any atom is -0.444 e. The smallest absolute Gasteiger partial charge is 0.410 e. The number of hydrogen-bond acceptors (Lipinski definition) is 3. The predicted molar refractivity (Wildman–Crippen MR) is 105 cm³/mol. The molecule has 2 N–H and O–H groups in total. The van der Waals surface area contributed by atoms with E-state index in [0.717, 1.165) is 18.2 Å². The van der Waals surface area contributed by atoms with Gasteiger partial charge in [-0.2, -0.15) is 0 Å². The first kappa shape index (κ1) is 21.2. The molecule has 29 heavy (non-hydrogen) atoms. The Morgan fingerprint density at radius 2 is 1.83 bits per heavy atom. The highest BCUT2D eigenvalue weighted by Crippen LogP contribution is 2.29. The van der Waals surface area contributed by atoms with Gasteiger partial charge in [0, 0.05) is 24.2 Å². The van der Waals surface area contributed by atoms with Crippen LogP contribution in [0.15, 0.2) is 36.4 Å². The van der Waals surface area contributed by atoms with Gasteiger partial charge in [0.25, 0.3) is 0 Å². The molecule has 0 saturated carbocycles. The number of benzene rings is 2. The van der Waals surface area contributed by atoms with Crippen LogP contribution in [-0.2, 0) is 11.2 Å². The lowest BCUT2D eigenvalue weighted by molar-refractivity contribution is 0.0220. The number of carbonyl (C=O) groups is 1. The third kappa shape index (κ3) is 4.90. The standard InChI is InChI=1S/C22H25F3N2O2/c1-22(2,3)29-21(28)27-8-7-18(26)19(27)11-13-5-4-6-17(20(13)25)14-9-15(23)12-16(24)10-14/h4-6,9-10,12,18-19H,7-8,11,26H2,1-3H3/t18-,19-/m0/s1. The maximum atomic E-state index is 15.2. The average molecular weight is 406 g/mol. The minimum absolute atomic E-state index is 0.0938. The van der Waals surface area contributed by atoms with Crippen molar-refractivity contribution in [2.75, 3.05) is 6.54 Å². The summed E-state index contributed by atoms with van der Waals surface area (Å²) in [6.45, 7) is 5.75. The number of rotatable bonds is 3. The zero-order chi connectivity index (χ0) is 21.3. The molecule has 3 rings (SSSR count). The Morgan fingerprint density at radius 3 is 2.45 bits per heavy atom. The Morgan fingerprint density at radius 1 is 1.17 bits per heavy atom. The van der Waals surface area contributed by atoms with Crippen molar-refractivity contribution in [1.29, 1.82) is 0 Å². The van der Waals surface area contributed by atoms with E-state index in [9.17, 15) is 13.6 Å². The Bertz CT molecular complexity index is 891. The molecule has 1 aliphatic heterocycles. The molecule has 0 aliphatic carbocycles. The molecule has 0 aromatic heterocycles. The van der Waals surface area contributed by atoms with Crippen molar-refractivity contribution in [3.8, 4) is 11.1 Å². The van der Waals surface area contributed by atoms with Crippen LogP contribution in [0.1, 0.15) is 32.8 Å². The van der Waals surface area contributed by atoms with Gasteiger partial charge in [0.1, 0.15) is 23.1 Å². The van der Waals surface area contributed by atoms with Crippen molar-refractivity contribution < 1.29 is 22.7 Å². The monoisotopic (exact) mass is 406 g/mol. The molecule has 2 aromatic carbocycles. The molecule has 156 valence electrons. The molecular weight excluding hydrogens is 381 g/mol. The summed E-state index contributed by atoms with van der Waals surface area (Å²) in [7, 11) is 0. The number of hydrogen-bond donors (Lipinski definition) is 1. The molecule has 0 radical (unpaired) electrons. The molecule has 0 unspecified atom stereocenters. The molecule has 1 amide bonds. The van der Waals surface area contributed by atoms with Crippen LogP contribution in [0.25, 0.3) is 11.1 Å². The van der Waals surface area contributed by atoms with Gasteiger partial charge in [-0.25, -0.2) is 18.0 Å². The summed E-state index contributed by atoms with van der Waals surface area (Å²) in [4.78, 5) is 14.1. The summed E-state index contributed by atoms with van der Waals surface area (Å²) in [5.41, 5.74) is 6.06. The van der Waals surface area contributed by atoms with Gasteiger partial charge < -0.3 is 15.4 Å². The van der Waals surface area contributed by atoms with Gasteiger partial charge in [-0.3, -0.25) is 0 Å². The molecule has 2 aromatic rings. The highest BCUT2D eigenvalue weighted by Gasteiger charge is 2.37. The van der Waals surface area contributed by atoms with Crippen molar-refractivity contribution >= 4 is 6.09 Å². The van der Waals surface area contributed by atoms with E-state index in [0.29, 0.717) is 18.5 Å². The van der Waals surface area contributed by atoms with Crippen LogP contribution in [0.5, 0.6) is 0 Å². The van der Waals surface area contributed by atoms with Gasteiger partial charge in [-0.05, 0) is 56.9 Å². The Hall–Kier alpha value is -2.54. The first-order valence-corrected chi connectivity index (χ1v) is 9.54. The van der Waals surface area contributed by atoms with Crippen LogP contribution < -0.4 is 5.73 Å². The van der Waals surface area contributed by atoms with Crippen molar-refractivity contribution in [2.24, 2.45) is 5.73 Å². The first-order chi connectivity index (χ1) is 13.5. The highest BCUT2D eigenvalue weighted by atomic mass is 19.1. The summed E-state index contributed by atoms with van der Waals surface area (Å²) < 4.78 is 47.7. The third-order valence-corrected chi connectivity index (χ3v) is 4.91. The van der Waals surface area contributed by atoms with E-state index in [1.807, 2.05) is 0 Å². The zero-order valence-corrected chi connectivity index (χ0v) is 16.7. The van der Waals surface area contributed by atoms with Crippen LogP contribution in [-0.4, -0.2) is 35.2 Å². The van der Waals surface area contributed by atoms with E-state index in [4.69, 9.17) is 10.5 Å². The van der Waals surface area contributed by atoms with E-state index in [1.54, 1.807) is 32.9 Å². The molecule has 2 atom stereocenters. The van der Waals surface area contributed by atoms with Gasteiger partial charge in [0.05, 0.1) is 6.04 Å². The number of carbonyl (C=O) groups excluding carboxylic acids is 1. The summed E-state index contributed by atoms with van der Waals surface area (Å²) >= 11 is 0. The molecule has 7 heteroatoms. The van der Waals surface area contributed by atoms with Gasteiger partial charge in [-0.1, -0.05) is 18.2 Å². The van der Waals surface area contributed by atoms with E-state index in [-0.39, 0.29) is 23.6 Å². The molecule has 0 spiro atoms. The van der Waals surface area contributed by atoms with Gasteiger partial charge in [0.2, 0.25) is 0 Å². The maximum absolute atomic E-state index is 15.2. The highest BCUT2D eigenvalue weighted by molar-refractivity contribution is 5.69. The summed E-state index contributed by atoms with van der Waals surface area (Å²) in [5.74, 6) is -2.14. The lowest BCUT2D eigenvalue weighted by Gasteiger charge is -2.30. The molecular formula is C22H25F3N2O2. The van der Waals surface area contributed by atoms with Gasteiger partial charge in [-0.15, -0.1) is 0 Å². The molecule has 1 aliphatic rings. The van der Waals surface area contributed by atoms with Crippen molar-refractivity contribution in [3.05, 3.63) is 59.4 Å². The van der Waals surface area contributed by atoms with E-state index in [1.165, 1.54) is 11.0 Å². The molecule has 1 fully saturated rings. The first-order valence-electron chi connectivity index (χ1n) is 9.54. The van der Waals surface area contributed by atoms with Crippen molar-refractivity contribution in [2.45, 2.75) is 51.3 Å². The van der Waals surface area contributed by atoms with Crippen LogP contribution in [0.3, 0.4) is 0 Å². The molecule has 0 bridgehead atoms. The van der Waals surface area contributed by atoms with Crippen molar-refractivity contribution in [3.63, 3.8) is 0 Å². The second-order valence-corrected chi connectivity index (χ2v) is 8.33. The Kier molecular flexibility index (Phi) is 5.89. The normalized spacial score (nSPS) is 19.5. The number of nitrogens with zero attached hydrogens (tertiary/aromatic N) is 1. The minimum atomic E-state index is -0.779. The maximum Gasteiger partial charge on any atom is 0.410 e. The number of halogens is 3. The third-order valence-electron chi connectivity index (χ3n) is 4.91. The predicted octanol–water partition coefficient (Wildman–Crippen LogP) is 4.65. The van der Waals surface area contributed by atoms with Gasteiger partial charge in [0.15, 0.2) is 0 Å². The van der Waals surface area contributed by atoms with E-state index >= 15 is 4.39 Å². The van der Waals surface area contributed by atoms with E-state index in [2.05, 4.69) is 0 Å².